The standard InChI is InChI=1S/C22H27ClF2N2O3S/c1-22(2,3)14-7-13(20(28)29-4)10-27(11-14)12-16-9-26-19(31-16)17-8-15(23)5-6-18(17)30-21(24)25/h5-6,8-9,13-14,21H,7,10-12H2,1-4H3/t13-,14-/m1/s1. The Morgan fingerprint density at radius 3 is 2.74 bits per heavy atom. The molecule has 0 aliphatic carbocycles. The number of hydrogen-bond donors (Lipinski definition) is 0. The molecule has 0 bridgehead atoms. The maximum atomic E-state index is 12.8. The third-order valence-corrected chi connectivity index (χ3v) is 6.86. The second-order valence-electron chi connectivity index (χ2n) is 8.86. The van der Waals surface area contributed by atoms with Crippen LogP contribution in [0.25, 0.3) is 10.6 Å². The van der Waals surface area contributed by atoms with Crippen molar-refractivity contribution in [2.75, 3.05) is 20.2 Å². The quantitative estimate of drug-likeness (QED) is 0.503. The van der Waals surface area contributed by atoms with E-state index in [9.17, 15) is 13.6 Å². The second-order valence-corrected chi connectivity index (χ2v) is 10.4. The minimum absolute atomic E-state index is 0.0387. The van der Waals surface area contributed by atoms with Crippen LogP contribution in [0.1, 0.15) is 32.1 Å². The number of carbonyl (C=O) groups excluding carboxylic acids is 1. The molecule has 3 rings (SSSR count). The van der Waals surface area contributed by atoms with Gasteiger partial charge in [0.1, 0.15) is 10.8 Å². The van der Waals surface area contributed by atoms with Crippen molar-refractivity contribution in [2.45, 2.75) is 40.3 Å². The summed E-state index contributed by atoms with van der Waals surface area (Å²) in [7, 11) is 1.42. The normalized spacial score (nSPS) is 20.1. The predicted octanol–water partition coefficient (Wildman–Crippen LogP) is 5.72. The first-order chi connectivity index (χ1) is 14.6. The van der Waals surface area contributed by atoms with Crippen molar-refractivity contribution in [3.8, 4) is 16.3 Å². The summed E-state index contributed by atoms with van der Waals surface area (Å²) in [5.41, 5.74) is 0.495. The van der Waals surface area contributed by atoms with Gasteiger partial charge in [0.05, 0.1) is 18.6 Å². The second kappa shape index (κ2) is 9.79. The van der Waals surface area contributed by atoms with Gasteiger partial charge in [-0.25, -0.2) is 4.98 Å². The molecule has 1 saturated heterocycles. The fourth-order valence-corrected chi connectivity index (χ4v) is 5.03. The number of carbonyl (C=O) groups is 1. The van der Waals surface area contributed by atoms with Crippen molar-refractivity contribution in [3.63, 3.8) is 0 Å². The van der Waals surface area contributed by atoms with Gasteiger partial charge in [0.25, 0.3) is 0 Å². The molecule has 0 unspecified atom stereocenters. The van der Waals surface area contributed by atoms with E-state index in [2.05, 4.69) is 35.4 Å². The van der Waals surface area contributed by atoms with Gasteiger partial charge in [-0.15, -0.1) is 11.3 Å². The molecule has 0 saturated carbocycles. The monoisotopic (exact) mass is 472 g/mol. The number of likely N-dealkylation sites (tertiary alicyclic amines) is 1. The summed E-state index contributed by atoms with van der Waals surface area (Å²) in [5.74, 6) is 0.0274. The molecule has 1 aliphatic rings. The van der Waals surface area contributed by atoms with Crippen LogP contribution >= 0.6 is 22.9 Å². The molecule has 2 atom stereocenters. The zero-order valence-corrected chi connectivity index (χ0v) is 19.6. The van der Waals surface area contributed by atoms with Crippen LogP contribution in [0.5, 0.6) is 5.75 Å². The zero-order chi connectivity index (χ0) is 22.8. The Bertz CT molecular complexity index is 916. The third-order valence-electron chi connectivity index (χ3n) is 5.61. The average molecular weight is 473 g/mol. The van der Waals surface area contributed by atoms with Crippen LogP contribution < -0.4 is 4.74 Å². The van der Waals surface area contributed by atoms with Crippen LogP contribution in [-0.2, 0) is 16.1 Å². The first kappa shape index (κ1) is 23.9. The van der Waals surface area contributed by atoms with Gasteiger partial charge in [-0.05, 0) is 36.0 Å². The lowest BCUT2D eigenvalue weighted by atomic mass is 9.73. The number of piperidine rings is 1. The van der Waals surface area contributed by atoms with Crippen LogP contribution in [0, 0.1) is 17.3 Å². The summed E-state index contributed by atoms with van der Waals surface area (Å²) < 4.78 is 35.2. The maximum absolute atomic E-state index is 12.8. The summed E-state index contributed by atoms with van der Waals surface area (Å²) in [4.78, 5) is 19.9. The molecular formula is C22H27ClF2N2O3S. The van der Waals surface area contributed by atoms with Crippen molar-refractivity contribution in [1.29, 1.82) is 0 Å². The van der Waals surface area contributed by atoms with E-state index in [4.69, 9.17) is 16.3 Å². The zero-order valence-electron chi connectivity index (χ0n) is 18.0. The van der Waals surface area contributed by atoms with Crippen molar-refractivity contribution in [1.82, 2.24) is 9.88 Å². The topological polar surface area (TPSA) is 51.7 Å². The number of thiazole rings is 1. The summed E-state index contributed by atoms with van der Waals surface area (Å²) in [6.45, 7) is 5.71. The smallest absolute Gasteiger partial charge is 0.387 e. The molecule has 5 nitrogen and oxygen atoms in total. The molecule has 170 valence electrons. The highest BCUT2D eigenvalue weighted by Crippen LogP contribution is 2.39. The molecule has 31 heavy (non-hydrogen) atoms. The van der Waals surface area contributed by atoms with Crippen molar-refractivity contribution in [2.24, 2.45) is 17.3 Å². The number of nitrogens with zero attached hydrogens (tertiary/aromatic N) is 2. The van der Waals surface area contributed by atoms with E-state index >= 15 is 0 Å². The minimum Gasteiger partial charge on any atom is -0.469 e. The average Bonchev–Trinajstić information content (AvgIpc) is 3.15. The fourth-order valence-electron chi connectivity index (χ4n) is 3.88. The van der Waals surface area contributed by atoms with Gasteiger partial charge in [0.2, 0.25) is 0 Å². The molecule has 0 N–H and O–H groups in total. The first-order valence-electron chi connectivity index (χ1n) is 10.1. The lowest BCUT2D eigenvalue weighted by Crippen LogP contribution is -2.46. The van der Waals surface area contributed by atoms with Crippen molar-refractivity contribution >= 4 is 28.9 Å². The lowest BCUT2D eigenvalue weighted by Gasteiger charge is -2.42. The van der Waals surface area contributed by atoms with Gasteiger partial charge in [-0.3, -0.25) is 9.69 Å². The lowest BCUT2D eigenvalue weighted by molar-refractivity contribution is -0.149. The Labute approximate surface area is 190 Å². The Hall–Kier alpha value is -1.77. The summed E-state index contributed by atoms with van der Waals surface area (Å²) in [6, 6.07) is 4.50. The fraction of sp³-hybridized carbons (Fsp3) is 0.545. The van der Waals surface area contributed by atoms with Gasteiger partial charge >= 0.3 is 12.6 Å². The maximum Gasteiger partial charge on any atom is 0.387 e. The number of rotatable bonds is 6. The number of alkyl halides is 2. The number of ether oxygens (including phenoxy) is 2. The van der Waals surface area contributed by atoms with E-state index < -0.39 is 6.61 Å². The van der Waals surface area contributed by atoms with Crippen LogP contribution in [0.2, 0.25) is 5.02 Å². The molecule has 1 fully saturated rings. The van der Waals surface area contributed by atoms with Crippen LogP contribution in [-0.4, -0.2) is 42.7 Å². The van der Waals surface area contributed by atoms with Gasteiger partial charge < -0.3 is 9.47 Å². The van der Waals surface area contributed by atoms with E-state index in [-0.39, 0.29) is 23.1 Å². The first-order valence-corrected chi connectivity index (χ1v) is 11.3. The Morgan fingerprint density at radius 2 is 2.10 bits per heavy atom. The number of methoxy groups -OCH3 is 1. The highest BCUT2D eigenvalue weighted by Gasteiger charge is 2.37. The van der Waals surface area contributed by atoms with Crippen molar-refractivity contribution in [3.05, 3.63) is 34.3 Å². The Kier molecular flexibility index (Phi) is 7.55. The summed E-state index contributed by atoms with van der Waals surface area (Å²) in [6.07, 6.45) is 2.54. The van der Waals surface area contributed by atoms with E-state index in [1.54, 1.807) is 12.3 Å². The molecule has 1 aromatic carbocycles. The van der Waals surface area contributed by atoms with Gasteiger partial charge in [-0.2, -0.15) is 8.78 Å². The van der Waals surface area contributed by atoms with E-state index in [0.29, 0.717) is 34.6 Å². The SMILES string of the molecule is COC(=O)[C@@H]1C[C@@H](C(C)(C)C)CN(Cc2cnc(-c3cc(Cl)ccc3OC(F)F)s2)C1. The Balaban J connectivity index is 1.80. The van der Waals surface area contributed by atoms with Crippen LogP contribution in [0.3, 0.4) is 0 Å². The highest BCUT2D eigenvalue weighted by atomic mass is 35.5. The minimum atomic E-state index is -2.93. The summed E-state index contributed by atoms with van der Waals surface area (Å²) in [5, 5.41) is 0.973. The largest absolute Gasteiger partial charge is 0.469 e. The van der Waals surface area contributed by atoms with E-state index in [1.807, 2.05) is 0 Å². The van der Waals surface area contributed by atoms with E-state index in [1.165, 1.54) is 30.6 Å². The molecule has 2 heterocycles. The highest BCUT2D eigenvalue weighted by molar-refractivity contribution is 7.15. The molecule has 1 aromatic heterocycles. The molecule has 1 aliphatic heterocycles. The van der Waals surface area contributed by atoms with Crippen molar-refractivity contribution < 1.29 is 23.0 Å². The number of aromatic nitrogens is 1. The van der Waals surface area contributed by atoms with Gasteiger partial charge in [-0.1, -0.05) is 32.4 Å². The molecule has 2 aromatic rings. The number of halogens is 3. The molecule has 9 heteroatoms. The van der Waals surface area contributed by atoms with Gasteiger partial charge in [0.15, 0.2) is 0 Å². The number of esters is 1. The van der Waals surface area contributed by atoms with E-state index in [0.717, 1.165) is 17.8 Å². The summed E-state index contributed by atoms with van der Waals surface area (Å²) >= 11 is 7.47. The molecular weight excluding hydrogens is 446 g/mol. The molecule has 0 amide bonds. The number of benzene rings is 1. The van der Waals surface area contributed by atoms with Crippen LogP contribution in [0.15, 0.2) is 24.4 Å². The predicted molar refractivity (Wildman–Crippen MR) is 118 cm³/mol. The van der Waals surface area contributed by atoms with Gasteiger partial charge in [0, 0.05) is 35.7 Å². The molecule has 0 radical (unpaired) electrons. The third kappa shape index (κ3) is 6.14. The number of hydrogen-bond acceptors (Lipinski definition) is 6. The Morgan fingerprint density at radius 1 is 1.35 bits per heavy atom. The van der Waals surface area contributed by atoms with Crippen LogP contribution in [0.4, 0.5) is 8.78 Å². The molecule has 0 spiro atoms.